The quantitative estimate of drug-likeness (QED) is 0.511. The number of carbonyl (C=O) groups is 1. The van der Waals surface area contributed by atoms with Crippen molar-refractivity contribution in [2.75, 3.05) is 0 Å². The number of hydroxylamine groups is 2. The summed E-state index contributed by atoms with van der Waals surface area (Å²) < 4.78 is 0. The van der Waals surface area contributed by atoms with Crippen LogP contribution in [0.3, 0.4) is 0 Å². The maximum atomic E-state index is 12.5. The highest BCUT2D eigenvalue weighted by Gasteiger charge is 2.32. The molecule has 0 unspecified atom stereocenters. The highest BCUT2D eigenvalue weighted by molar-refractivity contribution is 5.97. The molecule has 3 heteroatoms. The van der Waals surface area contributed by atoms with Gasteiger partial charge < -0.3 is 0 Å². The number of benzene rings is 1. The van der Waals surface area contributed by atoms with Gasteiger partial charge in [0.15, 0.2) is 0 Å². The predicted molar refractivity (Wildman–Crippen MR) is 77.5 cm³/mol. The van der Waals surface area contributed by atoms with E-state index in [2.05, 4.69) is 6.58 Å². The molecule has 0 aliphatic heterocycles. The van der Waals surface area contributed by atoms with Crippen LogP contribution in [0.2, 0.25) is 0 Å². The Bertz CT molecular complexity index is 507. The van der Waals surface area contributed by atoms with Gasteiger partial charge in [0.05, 0.1) is 5.54 Å². The lowest BCUT2D eigenvalue weighted by Gasteiger charge is -2.34. The first-order valence-electron chi connectivity index (χ1n) is 6.36. The molecule has 19 heavy (non-hydrogen) atoms. The lowest BCUT2D eigenvalue weighted by Crippen LogP contribution is -2.46. The third-order valence-electron chi connectivity index (χ3n) is 3.66. The minimum absolute atomic E-state index is 0.386. The Morgan fingerprint density at radius 1 is 1.21 bits per heavy atom. The van der Waals surface area contributed by atoms with Crippen molar-refractivity contribution >= 4 is 5.91 Å². The van der Waals surface area contributed by atoms with Crippen molar-refractivity contribution in [3.63, 3.8) is 0 Å². The van der Waals surface area contributed by atoms with E-state index in [0.717, 1.165) is 27.3 Å². The minimum atomic E-state index is -0.791. The first-order chi connectivity index (χ1) is 8.59. The van der Waals surface area contributed by atoms with Gasteiger partial charge in [-0.15, -0.1) is 0 Å². The molecule has 0 radical (unpaired) electrons. The lowest BCUT2D eigenvalue weighted by atomic mass is 9.93. The zero-order valence-electron chi connectivity index (χ0n) is 12.7. The molecule has 1 rings (SSSR count). The Balaban J connectivity index is 3.26. The fraction of sp³-hybridized carbons (Fsp3) is 0.438. The maximum Gasteiger partial charge on any atom is 0.278 e. The van der Waals surface area contributed by atoms with Gasteiger partial charge in [-0.2, -0.15) is 0 Å². The number of hydrogen-bond donors (Lipinski definition) is 1. The number of hydrogen-bond acceptors (Lipinski definition) is 2. The van der Waals surface area contributed by atoms with Crippen molar-refractivity contribution < 1.29 is 10.0 Å². The second-order valence-corrected chi connectivity index (χ2v) is 5.73. The average molecular weight is 261 g/mol. The van der Waals surface area contributed by atoms with Gasteiger partial charge in [0.1, 0.15) is 0 Å². The van der Waals surface area contributed by atoms with E-state index < -0.39 is 5.54 Å². The van der Waals surface area contributed by atoms with Gasteiger partial charge in [-0.3, -0.25) is 10.0 Å². The fourth-order valence-electron chi connectivity index (χ4n) is 2.06. The van der Waals surface area contributed by atoms with Crippen LogP contribution < -0.4 is 0 Å². The van der Waals surface area contributed by atoms with E-state index in [9.17, 15) is 10.0 Å². The third kappa shape index (κ3) is 2.87. The number of nitrogens with zero attached hydrogens (tertiary/aromatic N) is 1. The molecule has 0 bridgehead atoms. The Morgan fingerprint density at radius 2 is 1.63 bits per heavy atom. The normalized spacial score (nSPS) is 11.3. The van der Waals surface area contributed by atoms with Crippen LogP contribution in [0.15, 0.2) is 24.3 Å². The summed E-state index contributed by atoms with van der Waals surface area (Å²) in [7, 11) is 0. The summed E-state index contributed by atoms with van der Waals surface area (Å²) in [4.78, 5) is 12.5. The summed E-state index contributed by atoms with van der Waals surface area (Å²) in [6.07, 6.45) is 0. The van der Waals surface area contributed by atoms with Crippen LogP contribution in [0.1, 0.15) is 47.8 Å². The second kappa shape index (κ2) is 5.17. The molecule has 1 aromatic carbocycles. The third-order valence-corrected chi connectivity index (χ3v) is 3.66. The van der Waals surface area contributed by atoms with E-state index in [1.54, 1.807) is 20.8 Å². The van der Waals surface area contributed by atoms with Gasteiger partial charge >= 0.3 is 0 Å². The molecule has 0 heterocycles. The van der Waals surface area contributed by atoms with Crippen molar-refractivity contribution in [1.82, 2.24) is 5.06 Å². The molecular formula is C16H23NO2. The summed E-state index contributed by atoms with van der Waals surface area (Å²) in [5.41, 5.74) is 3.35. The first-order valence-corrected chi connectivity index (χ1v) is 6.36. The number of amides is 1. The number of rotatable bonds is 3. The predicted octanol–water partition coefficient (Wildman–Crippen LogP) is 3.80. The Kier molecular flexibility index (Phi) is 4.21. The van der Waals surface area contributed by atoms with Crippen LogP contribution >= 0.6 is 0 Å². The molecule has 104 valence electrons. The van der Waals surface area contributed by atoms with Crippen molar-refractivity contribution in [1.29, 1.82) is 0 Å². The van der Waals surface area contributed by atoms with Crippen LogP contribution in [0, 0.1) is 20.8 Å². The van der Waals surface area contributed by atoms with E-state index >= 15 is 0 Å². The van der Waals surface area contributed by atoms with Gasteiger partial charge in [-0.25, -0.2) is 5.06 Å². The van der Waals surface area contributed by atoms with Gasteiger partial charge in [0.25, 0.3) is 5.91 Å². The highest BCUT2D eigenvalue weighted by Crippen LogP contribution is 2.25. The molecule has 0 aliphatic carbocycles. The SMILES string of the molecule is C=C(C)C(C)(C)N(O)C(=O)c1c(C)cc(C)cc1C. The monoisotopic (exact) mass is 261 g/mol. The summed E-state index contributed by atoms with van der Waals surface area (Å²) in [6, 6.07) is 3.89. The first kappa shape index (κ1) is 15.4. The second-order valence-electron chi connectivity index (χ2n) is 5.73. The van der Waals surface area contributed by atoms with Crippen molar-refractivity contribution in [3.05, 3.63) is 46.5 Å². The Morgan fingerprint density at radius 3 is 2.00 bits per heavy atom. The molecule has 0 fully saturated rings. The smallest absolute Gasteiger partial charge is 0.278 e. The van der Waals surface area contributed by atoms with Gasteiger partial charge in [0, 0.05) is 5.56 Å². The van der Waals surface area contributed by atoms with E-state index in [1.807, 2.05) is 32.9 Å². The Hall–Kier alpha value is -1.61. The van der Waals surface area contributed by atoms with Crippen LogP contribution in [0.4, 0.5) is 0 Å². The van der Waals surface area contributed by atoms with Crippen LogP contribution in [0.5, 0.6) is 0 Å². The Labute approximate surface area is 115 Å². The molecule has 1 N–H and O–H groups in total. The molecule has 1 amide bonds. The molecule has 0 aliphatic rings. The van der Waals surface area contributed by atoms with Crippen molar-refractivity contribution in [2.24, 2.45) is 0 Å². The average Bonchev–Trinajstić information content (AvgIpc) is 2.25. The van der Waals surface area contributed by atoms with Crippen molar-refractivity contribution in [2.45, 2.75) is 47.1 Å². The molecule has 0 atom stereocenters. The highest BCUT2D eigenvalue weighted by atomic mass is 16.5. The minimum Gasteiger partial charge on any atom is -0.285 e. The van der Waals surface area contributed by atoms with Crippen LogP contribution in [0.25, 0.3) is 0 Å². The topological polar surface area (TPSA) is 40.5 Å². The van der Waals surface area contributed by atoms with Gasteiger partial charge in [-0.1, -0.05) is 29.8 Å². The molecule has 0 spiro atoms. The van der Waals surface area contributed by atoms with Crippen LogP contribution in [-0.2, 0) is 0 Å². The summed E-state index contributed by atoms with van der Waals surface area (Å²) in [5.74, 6) is -0.386. The van der Waals surface area contributed by atoms with Gasteiger partial charge in [-0.05, 0) is 52.7 Å². The van der Waals surface area contributed by atoms with E-state index in [4.69, 9.17) is 0 Å². The molecule has 0 aromatic heterocycles. The summed E-state index contributed by atoms with van der Waals surface area (Å²) >= 11 is 0. The molecule has 0 saturated heterocycles. The van der Waals surface area contributed by atoms with Gasteiger partial charge in [0.2, 0.25) is 0 Å². The maximum absolute atomic E-state index is 12.5. The summed E-state index contributed by atoms with van der Waals surface area (Å²) in [6.45, 7) is 14.9. The molecule has 0 saturated carbocycles. The lowest BCUT2D eigenvalue weighted by molar-refractivity contribution is -0.108. The fourth-order valence-corrected chi connectivity index (χ4v) is 2.06. The van der Waals surface area contributed by atoms with E-state index in [-0.39, 0.29) is 5.91 Å². The zero-order chi connectivity index (χ0) is 15.0. The zero-order valence-corrected chi connectivity index (χ0v) is 12.7. The van der Waals surface area contributed by atoms with E-state index in [0.29, 0.717) is 5.56 Å². The standard InChI is InChI=1S/C16H23NO2/c1-10(2)16(6,7)17(19)15(18)14-12(4)8-11(3)9-13(14)5/h8-9,19H,1H2,2-7H3. The largest absolute Gasteiger partial charge is 0.285 e. The molecule has 1 aromatic rings. The molecule has 3 nitrogen and oxygen atoms in total. The number of carbonyl (C=O) groups excluding carboxylic acids is 1. The number of aryl methyl sites for hydroxylation is 3. The van der Waals surface area contributed by atoms with E-state index in [1.165, 1.54) is 0 Å². The summed E-state index contributed by atoms with van der Waals surface area (Å²) in [5, 5.41) is 11.0. The van der Waals surface area contributed by atoms with Crippen LogP contribution in [-0.4, -0.2) is 21.7 Å². The van der Waals surface area contributed by atoms with Crippen molar-refractivity contribution in [3.8, 4) is 0 Å². The molecular weight excluding hydrogens is 238 g/mol.